The van der Waals surface area contributed by atoms with Crippen LogP contribution in [0, 0.1) is 17.5 Å². The van der Waals surface area contributed by atoms with Crippen molar-refractivity contribution >= 4 is 16.0 Å². The summed E-state index contributed by atoms with van der Waals surface area (Å²) in [4.78, 5) is 11.1. The molecule has 2 rings (SSSR count). The van der Waals surface area contributed by atoms with Crippen LogP contribution in [-0.2, 0) is 14.8 Å². The lowest BCUT2D eigenvalue weighted by Gasteiger charge is -2.35. The van der Waals surface area contributed by atoms with Gasteiger partial charge in [-0.05, 0) is 19.9 Å². The van der Waals surface area contributed by atoms with Crippen LogP contribution in [0.4, 0.5) is 13.2 Å². The summed E-state index contributed by atoms with van der Waals surface area (Å²) in [5, 5.41) is 8.77. The summed E-state index contributed by atoms with van der Waals surface area (Å²) in [6.07, 6.45) is 0.654. The maximum atomic E-state index is 13.8. The lowest BCUT2D eigenvalue weighted by atomic mass is 10.1. The standard InChI is InChI=1S/C14H17F3N2O4S/c1-18(8-13(20)21)10-2-4-19(5-3-10)24(22,23)14-11(16)6-9(15)7-12(14)17/h6-7,10H,2-5,8H2,1H3,(H,20,21). The van der Waals surface area contributed by atoms with Crippen molar-refractivity contribution in [1.82, 2.24) is 9.21 Å². The second-order valence-corrected chi connectivity index (χ2v) is 7.52. The zero-order valence-electron chi connectivity index (χ0n) is 12.9. The first-order chi connectivity index (χ1) is 11.1. The van der Waals surface area contributed by atoms with Crippen LogP contribution in [0.3, 0.4) is 0 Å². The lowest BCUT2D eigenvalue weighted by Crippen LogP contribution is -2.46. The number of halogens is 3. The Bertz CT molecular complexity index is 711. The highest BCUT2D eigenvalue weighted by Crippen LogP contribution is 2.27. The fourth-order valence-electron chi connectivity index (χ4n) is 2.77. The van der Waals surface area contributed by atoms with Crippen molar-refractivity contribution in [3.63, 3.8) is 0 Å². The van der Waals surface area contributed by atoms with Gasteiger partial charge in [0.2, 0.25) is 10.0 Å². The number of piperidine rings is 1. The third-order valence-corrected chi connectivity index (χ3v) is 5.94. The maximum Gasteiger partial charge on any atom is 0.317 e. The van der Waals surface area contributed by atoms with E-state index in [2.05, 4.69) is 0 Å². The van der Waals surface area contributed by atoms with Crippen LogP contribution in [0.2, 0.25) is 0 Å². The number of carbonyl (C=O) groups is 1. The highest BCUT2D eigenvalue weighted by molar-refractivity contribution is 7.89. The minimum absolute atomic E-state index is 0.00673. The van der Waals surface area contributed by atoms with Gasteiger partial charge in [-0.25, -0.2) is 21.6 Å². The molecule has 1 N–H and O–H groups in total. The molecule has 1 aliphatic heterocycles. The molecule has 0 radical (unpaired) electrons. The molecule has 0 saturated carbocycles. The predicted octanol–water partition coefficient (Wildman–Crippen LogP) is 1.27. The summed E-state index contributed by atoms with van der Waals surface area (Å²) in [6.45, 7) is -0.195. The molecule has 24 heavy (non-hydrogen) atoms. The average molecular weight is 366 g/mol. The Morgan fingerprint density at radius 2 is 1.75 bits per heavy atom. The van der Waals surface area contributed by atoms with Gasteiger partial charge in [-0.2, -0.15) is 4.31 Å². The molecule has 0 amide bonds. The molecule has 1 heterocycles. The number of rotatable bonds is 5. The van der Waals surface area contributed by atoms with Gasteiger partial charge < -0.3 is 5.11 Å². The number of carboxylic acid groups (broad SMARTS) is 1. The summed E-state index contributed by atoms with van der Waals surface area (Å²) in [6, 6.07) is 0.502. The number of nitrogens with zero attached hydrogens (tertiary/aromatic N) is 2. The Morgan fingerprint density at radius 3 is 2.21 bits per heavy atom. The zero-order chi connectivity index (χ0) is 18.1. The van der Waals surface area contributed by atoms with E-state index in [1.807, 2.05) is 0 Å². The SMILES string of the molecule is CN(CC(=O)O)C1CCN(S(=O)(=O)c2c(F)cc(F)cc2F)CC1. The summed E-state index contributed by atoms with van der Waals surface area (Å²) in [5.41, 5.74) is 0. The second kappa shape index (κ2) is 7.08. The molecule has 1 saturated heterocycles. The second-order valence-electron chi connectivity index (χ2n) is 5.64. The molecule has 1 fully saturated rings. The Hall–Kier alpha value is -1.65. The van der Waals surface area contributed by atoms with Gasteiger partial charge >= 0.3 is 5.97 Å². The van der Waals surface area contributed by atoms with Crippen molar-refractivity contribution in [3.8, 4) is 0 Å². The number of hydrogen-bond acceptors (Lipinski definition) is 4. The van der Waals surface area contributed by atoms with Gasteiger partial charge in [0.05, 0.1) is 6.54 Å². The minimum Gasteiger partial charge on any atom is -0.480 e. The molecule has 10 heteroatoms. The van der Waals surface area contributed by atoms with Crippen molar-refractivity contribution in [3.05, 3.63) is 29.6 Å². The molecule has 0 atom stereocenters. The van der Waals surface area contributed by atoms with E-state index in [0.717, 1.165) is 4.31 Å². The van der Waals surface area contributed by atoms with Gasteiger partial charge in [-0.3, -0.25) is 9.69 Å². The van der Waals surface area contributed by atoms with Crippen molar-refractivity contribution in [1.29, 1.82) is 0 Å². The summed E-state index contributed by atoms with van der Waals surface area (Å²) >= 11 is 0. The Kier molecular flexibility index (Phi) is 5.51. The van der Waals surface area contributed by atoms with Gasteiger partial charge in [0, 0.05) is 31.3 Å². The normalized spacial score (nSPS) is 17.4. The number of sulfonamides is 1. The molecule has 0 spiro atoms. The van der Waals surface area contributed by atoms with Crippen molar-refractivity contribution in [2.75, 3.05) is 26.7 Å². The van der Waals surface area contributed by atoms with Gasteiger partial charge in [0.25, 0.3) is 0 Å². The molecule has 134 valence electrons. The summed E-state index contributed by atoms with van der Waals surface area (Å²) < 4.78 is 66.2. The molecule has 1 aromatic rings. The highest BCUT2D eigenvalue weighted by Gasteiger charge is 2.35. The van der Waals surface area contributed by atoms with Crippen LogP contribution in [0.5, 0.6) is 0 Å². The fourth-order valence-corrected chi connectivity index (χ4v) is 4.33. The van der Waals surface area contributed by atoms with E-state index in [9.17, 15) is 26.4 Å². The van der Waals surface area contributed by atoms with Crippen LogP contribution < -0.4 is 0 Å². The smallest absolute Gasteiger partial charge is 0.317 e. The molecule has 0 aliphatic carbocycles. The minimum atomic E-state index is -4.43. The zero-order valence-corrected chi connectivity index (χ0v) is 13.7. The topological polar surface area (TPSA) is 77.9 Å². The largest absolute Gasteiger partial charge is 0.480 e. The molecule has 1 aliphatic rings. The third kappa shape index (κ3) is 3.87. The van der Waals surface area contributed by atoms with Crippen LogP contribution in [0.25, 0.3) is 0 Å². The van der Waals surface area contributed by atoms with Crippen molar-refractivity contribution in [2.45, 2.75) is 23.8 Å². The Labute approximate surface area is 137 Å². The molecule has 6 nitrogen and oxygen atoms in total. The van der Waals surface area contributed by atoms with E-state index < -0.39 is 38.3 Å². The van der Waals surface area contributed by atoms with E-state index in [1.165, 1.54) is 0 Å². The molecule has 1 aromatic carbocycles. The number of hydrogen-bond donors (Lipinski definition) is 1. The monoisotopic (exact) mass is 366 g/mol. The molecule has 0 unspecified atom stereocenters. The van der Waals surface area contributed by atoms with Gasteiger partial charge in [-0.1, -0.05) is 0 Å². The number of likely N-dealkylation sites (N-methyl/N-ethyl adjacent to an activating group) is 1. The molecular formula is C14H17F3N2O4S. The van der Waals surface area contributed by atoms with Crippen LogP contribution in [0.15, 0.2) is 17.0 Å². The first-order valence-electron chi connectivity index (χ1n) is 7.19. The number of aliphatic carboxylic acids is 1. The summed E-state index contributed by atoms with van der Waals surface area (Å²) in [7, 11) is -2.82. The van der Waals surface area contributed by atoms with E-state index in [1.54, 1.807) is 11.9 Å². The number of carboxylic acids is 1. The predicted molar refractivity (Wildman–Crippen MR) is 78.4 cm³/mol. The first kappa shape index (κ1) is 18.7. The maximum absolute atomic E-state index is 13.8. The van der Waals surface area contributed by atoms with Crippen LogP contribution in [0.1, 0.15) is 12.8 Å². The van der Waals surface area contributed by atoms with Crippen LogP contribution in [-0.4, -0.2) is 61.4 Å². The van der Waals surface area contributed by atoms with Crippen molar-refractivity contribution in [2.24, 2.45) is 0 Å². The first-order valence-corrected chi connectivity index (χ1v) is 8.63. The third-order valence-electron chi connectivity index (χ3n) is 3.99. The highest BCUT2D eigenvalue weighted by atomic mass is 32.2. The average Bonchev–Trinajstić information content (AvgIpc) is 2.45. The Morgan fingerprint density at radius 1 is 1.25 bits per heavy atom. The quantitative estimate of drug-likeness (QED) is 0.849. The van der Waals surface area contributed by atoms with Crippen LogP contribution >= 0.6 is 0 Å². The van der Waals surface area contributed by atoms with Gasteiger partial charge in [0.1, 0.15) is 17.5 Å². The van der Waals surface area contributed by atoms with E-state index >= 15 is 0 Å². The van der Waals surface area contributed by atoms with E-state index in [4.69, 9.17) is 5.11 Å². The van der Waals surface area contributed by atoms with E-state index in [-0.39, 0.29) is 25.7 Å². The summed E-state index contributed by atoms with van der Waals surface area (Å²) in [5.74, 6) is -5.14. The number of benzene rings is 1. The molecule has 0 bridgehead atoms. The molecular weight excluding hydrogens is 349 g/mol. The van der Waals surface area contributed by atoms with Crippen molar-refractivity contribution < 1.29 is 31.5 Å². The Balaban J connectivity index is 2.15. The van der Waals surface area contributed by atoms with Gasteiger partial charge in [-0.15, -0.1) is 0 Å². The van der Waals surface area contributed by atoms with E-state index in [0.29, 0.717) is 25.0 Å². The fraction of sp³-hybridized carbons (Fsp3) is 0.500. The van der Waals surface area contributed by atoms with Gasteiger partial charge in [0.15, 0.2) is 4.90 Å². The molecule has 0 aromatic heterocycles. The lowest BCUT2D eigenvalue weighted by molar-refractivity contribution is -0.138.